The van der Waals surface area contributed by atoms with Gasteiger partial charge in [-0.2, -0.15) is 13.2 Å². The summed E-state index contributed by atoms with van der Waals surface area (Å²) in [5.41, 5.74) is -0.278. The monoisotopic (exact) mass is 671 g/mol. The molecule has 1 atom stereocenters. The van der Waals surface area contributed by atoms with Gasteiger partial charge in [0.25, 0.3) is 10.0 Å². The predicted octanol–water partition coefficient (Wildman–Crippen LogP) is 6.72. The zero-order chi connectivity index (χ0) is 33.5. The van der Waals surface area contributed by atoms with Crippen LogP contribution in [0.3, 0.4) is 0 Å². The zero-order valence-corrected chi connectivity index (χ0v) is 26.7. The van der Waals surface area contributed by atoms with E-state index in [1.54, 1.807) is 74.5 Å². The number of carbonyl (C=O) groups excluding carboxylic acids is 2. The molecular formula is C34H33ClF3N3O4S. The Kier molecular flexibility index (Phi) is 11.1. The van der Waals surface area contributed by atoms with E-state index in [-0.39, 0.29) is 28.9 Å². The van der Waals surface area contributed by atoms with Crippen molar-refractivity contribution in [1.29, 1.82) is 0 Å². The van der Waals surface area contributed by atoms with Crippen LogP contribution in [0.2, 0.25) is 5.02 Å². The number of nitrogens with one attached hydrogen (secondary N) is 1. The number of hydrogen-bond acceptors (Lipinski definition) is 4. The molecule has 0 aliphatic heterocycles. The van der Waals surface area contributed by atoms with Crippen molar-refractivity contribution in [3.63, 3.8) is 0 Å². The fraction of sp³-hybridized carbons (Fsp3) is 0.235. The van der Waals surface area contributed by atoms with Crippen LogP contribution in [0.5, 0.6) is 0 Å². The van der Waals surface area contributed by atoms with Gasteiger partial charge < -0.3 is 10.2 Å². The third-order valence-corrected chi connectivity index (χ3v) is 9.14. The molecule has 4 rings (SSSR count). The maximum atomic E-state index is 14.4. The molecule has 4 aromatic rings. The zero-order valence-electron chi connectivity index (χ0n) is 25.1. The Morgan fingerprint density at radius 2 is 1.37 bits per heavy atom. The third kappa shape index (κ3) is 8.67. The highest BCUT2D eigenvalue weighted by Crippen LogP contribution is 2.37. The average Bonchev–Trinajstić information content (AvgIpc) is 3.02. The van der Waals surface area contributed by atoms with E-state index in [4.69, 9.17) is 11.6 Å². The van der Waals surface area contributed by atoms with Crippen LogP contribution in [0.4, 0.5) is 18.9 Å². The van der Waals surface area contributed by atoms with Crippen LogP contribution in [0.25, 0.3) is 0 Å². The van der Waals surface area contributed by atoms with Crippen molar-refractivity contribution < 1.29 is 31.2 Å². The number of sulfonamides is 1. The van der Waals surface area contributed by atoms with Crippen molar-refractivity contribution in [2.45, 2.75) is 50.0 Å². The lowest BCUT2D eigenvalue weighted by atomic mass is 10.0. The summed E-state index contributed by atoms with van der Waals surface area (Å²) < 4.78 is 70.0. The smallest absolute Gasteiger partial charge is 0.352 e. The highest BCUT2D eigenvalue weighted by Gasteiger charge is 2.37. The van der Waals surface area contributed by atoms with Gasteiger partial charge in [-0.3, -0.25) is 13.9 Å². The topological polar surface area (TPSA) is 86.8 Å². The lowest BCUT2D eigenvalue weighted by Crippen LogP contribution is -2.54. The molecule has 242 valence electrons. The molecule has 0 aliphatic carbocycles. The first-order valence-electron chi connectivity index (χ1n) is 14.4. The van der Waals surface area contributed by atoms with Crippen LogP contribution >= 0.6 is 11.6 Å². The summed E-state index contributed by atoms with van der Waals surface area (Å²) >= 11 is 6.34. The van der Waals surface area contributed by atoms with Crippen LogP contribution in [0.15, 0.2) is 114 Å². The van der Waals surface area contributed by atoms with Gasteiger partial charge >= 0.3 is 6.18 Å². The van der Waals surface area contributed by atoms with E-state index in [1.807, 2.05) is 6.07 Å². The molecule has 7 nitrogen and oxygen atoms in total. The average molecular weight is 672 g/mol. The summed E-state index contributed by atoms with van der Waals surface area (Å²) in [4.78, 5) is 29.1. The van der Waals surface area contributed by atoms with Gasteiger partial charge in [0.1, 0.15) is 12.6 Å². The SMILES string of the molecule is CC(C)NC(=O)[C@@H](Cc1ccccc1)N(Cc1ccccc1)C(=O)CN(c1cc(C(F)(F)F)ccc1Cl)S(=O)(=O)c1ccccc1. The second-order valence-corrected chi connectivity index (χ2v) is 13.1. The molecule has 0 aliphatic rings. The van der Waals surface area contributed by atoms with Crippen LogP contribution < -0.4 is 9.62 Å². The number of anilines is 1. The molecule has 0 bridgehead atoms. The standard InChI is InChI=1S/C34H33ClF3N3O4S/c1-24(2)39-33(43)31(20-25-12-6-3-7-13-25)40(22-26-14-8-4-9-15-26)32(42)23-41(46(44,45)28-16-10-5-11-17-28)30-21-27(34(36,37)38)18-19-29(30)35/h3-19,21,24,31H,20,22-23H2,1-2H3,(H,39,43)/t31-/m1/s1. The molecular weight excluding hydrogens is 639 g/mol. The lowest BCUT2D eigenvalue weighted by Gasteiger charge is -2.34. The Balaban J connectivity index is 1.86. The van der Waals surface area contributed by atoms with Gasteiger partial charge in [-0.25, -0.2) is 8.42 Å². The molecule has 0 fully saturated rings. The maximum Gasteiger partial charge on any atom is 0.416 e. The van der Waals surface area contributed by atoms with Gasteiger partial charge in [0.15, 0.2) is 0 Å². The van der Waals surface area contributed by atoms with E-state index in [9.17, 15) is 31.2 Å². The van der Waals surface area contributed by atoms with E-state index >= 15 is 0 Å². The van der Waals surface area contributed by atoms with E-state index in [1.165, 1.54) is 29.2 Å². The van der Waals surface area contributed by atoms with Gasteiger partial charge in [0.05, 0.1) is 21.2 Å². The quantitative estimate of drug-likeness (QED) is 0.181. The number of amides is 2. The van der Waals surface area contributed by atoms with Gasteiger partial charge in [-0.1, -0.05) is 90.5 Å². The molecule has 2 amide bonds. The Hall–Kier alpha value is -4.35. The predicted molar refractivity (Wildman–Crippen MR) is 172 cm³/mol. The van der Waals surface area contributed by atoms with Crippen LogP contribution in [-0.4, -0.2) is 43.8 Å². The molecule has 4 aromatic carbocycles. The third-order valence-electron chi connectivity index (χ3n) is 7.05. The molecule has 46 heavy (non-hydrogen) atoms. The maximum absolute atomic E-state index is 14.4. The molecule has 0 radical (unpaired) electrons. The minimum absolute atomic E-state index is 0.0851. The van der Waals surface area contributed by atoms with Gasteiger partial charge in [0, 0.05) is 19.0 Å². The Morgan fingerprint density at radius 1 is 0.826 bits per heavy atom. The second-order valence-electron chi connectivity index (χ2n) is 10.9. The fourth-order valence-electron chi connectivity index (χ4n) is 4.83. The van der Waals surface area contributed by atoms with Crippen LogP contribution in [-0.2, 0) is 38.8 Å². The van der Waals surface area contributed by atoms with Crippen LogP contribution in [0.1, 0.15) is 30.5 Å². The molecule has 1 N–H and O–H groups in total. The van der Waals surface area contributed by atoms with Crippen molar-refractivity contribution in [2.75, 3.05) is 10.8 Å². The second kappa shape index (κ2) is 14.8. The Morgan fingerprint density at radius 3 is 1.91 bits per heavy atom. The molecule has 0 saturated carbocycles. The largest absolute Gasteiger partial charge is 0.416 e. The summed E-state index contributed by atoms with van der Waals surface area (Å²) in [6, 6.07) is 25.7. The van der Waals surface area contributed by atoms with Crippen molar-refractivity contribution in [3.8, 4) is 0 Å². The minimum Gasteiger partial charge on any atom is -0.352 e. The number of nitrogens with zero attached hydrogens (tertiary/aromatic N) is 2. The molecule has 0 heterocycles. The molecule has 0 spiro atoms. The van der Waals surface area contributed by atoms with E-state index in [0.29, 0.717) is 15.9 Å². The summed E-state index contributed by atoms with van der Waals surface area (Å²) in [6.07, 6.45) is -4.73. The first-order chi connectivity index (χ1) is 21.8. The highest BCUT2D eigenvalue weighted by atomic mass is 35.5. The summed E-state index contributed by atoms with van der Waals surface area (Å²) in [5.74, 6) is -1.30. The molecule has 12 heteroatoms. The van der Waals surface area contributed by atoms with Crippen molar-refractivity contribution in [1.82, 2.24) is 10.2 Å². The van der Waals surface area contributed by atoms with Crippen molar-refractivity contribution in [3.05, 3.63) is 131 Å². The highest BCUT2D eigenvalue weighted by molar-refractivity contribution is 7.92. The number of benzene rings is 4. The van der Waals surface area contributed by atoms with Crippen molar-refractivity contribution >= 4 is 39.1 Å². The summed E-state index contributed by atoms with van der Waals surface area (Å²) in [6.45, 7) is 2.51. The lowest BCUT2D eigenvalue weighted by molar-refractivity contribution is -0.140. The first-order valence-corrected chi connectivity index (χ1v) is 16.2. The molecule has 0 saturated heterocycles. The van der Waals surface area contributed by atoms with E-state index < -0.39 is 51.9 Å². The number of rotatable bonds is 12. The molecule has 0 unspecified atom stereocenters. The fourth-order valence-corrected chi connectivity index (χ4v) is 6.54. The molecule has 0 aromatic heterocycles. The minimum atomic E-state index is -4.82. The first kappa shape index (κ1) is 34.5. The number of hydrogen-bond donors (Lipinski definition) is 1. The van der Waals surface area contributed by atoms with Gasteiger partial charge in [0.2, 0.25) is 11.8 Å². The number of carbonyl (C=O) groups is 2. The van der Waals surface area contributed by atoms with E-state index in [2.05, 4.69) is 5.32 Å². The summed E-state index contributed by atoms with van der Waals surface area (Å²) in [7, 11) is -4.63. The Bertz CT molecular complexity index is 1740. The normalized spacial score (nSPS) is 12.4. The Labute approximate surface area is 271 Å². The van der Waals surface area contributed by atoms with Crippen molar-refractivity contribution in [2.24, 2.45) is 0 Å². The van der Waals surface area contributed by atoms with Gasteiger partial charge in [-0.05, 0) is 55.3 Å². The van der Waals surface area contributed by atoms with Crippen LogP contribution in [0, 0.1) is 0 Å². The number of halogens is 4. The summed E-state index contributed by atoms with van der Waals surface area (Å²) in [5, 5.41) is 2.54. The van der Waals surface area contributed by atoms with E-state index in [0.717, 1.165) is 17.7 Å². The van der Waals surface area contributed by atoms with Gasteiger partial charge in [-0.15, -0.1) is 0 Å². The number of alkyl halides is 3.